The summed E-state index contributed by atoms with van der Waals surface area (Å²) < 4.78 is 22.9. The van der Waals surface area contributed by atoms with Crippen LogP contribution in [0.5, 0.6) is 0 Å². The van der Waals surface area contributed by atoms with Crippen LogP contribution in [0.25, 0.3) is 0 Å². The smallest absolute Gasteiger partial charge is 0.220 e. The summed E-state index contributed by atoms with van der Waals surface area (Å²) in [6, 6.07) is -0.939. The number of rotatable bonds is 70. The third kappa shape index (κ3) is 52.6. The third-order valence-electron chi connectivity index (χ3n) is 19.9. The molecule has 0 saturated carbocycles. The van der Waals surface area contributed by atoms with E-state index in [0.717, 1.165) is 77.0 Å². The van der Waals surface area contributed by atoms with Crippen LogP contribution in [0, 0.1) is 0 Å². The van der Waals surface area contributed by atoms with E-state index in [9.17, 15) is 45.6 Å². The van der Waals surface area contributed by atoms with Crippen molar-refractivity contribution >= 4 is 5.91 Å². The van der Waals surface area contributed by atoms with E-state index in [2.05, 4.69) is 116 Å². The second-order valence-electron chi connectivity index (χ2n) is 29.2. The van der Waals surface area contributed by atoms with Crippen LogP contribution < -0.4 is 5.32 Å². The first-order valence-corrected chi connectivity index (χ1v) is 42.1. The van der Waals surface area contributed by atoms with Crippen LogP contribution in [0.2, 0.25) is 0 Å². The Morgan fingerprint density at radius 2 is 0.686 bits per heavy atom. The van der Waals surface area contributed by atoms with Gasteiger partial charge in [-0.3, -0.25) is 4.79 Å². The normalized spacial score (nSPS) is 22.2. The van der Waals surface area contributed by atoms with Crippen molar-refractivity contribution in [1.29, 1.82) is 0 Å². The van der Waals surface area contributed by atoms with Crippen molar-refractivity contribution < 1.29 is 64.6 Å². The summed E-state index contributed by atoms with van der Waals surface area (Å²) in [5.74, 6) is -0.247. The second kappa shape index (κ2) is 70.6. The molecule has 2 aliphatic heterocycles. The molecule has 12 atom stereocenters. The summed E-state index contributed by atoms with van der Waals surface area (Å²) in [5.41, 5.74) is 0. The van der Waals surface area contributed by atoms with Crippen molar-refractivity contribution in [3.05, 3.63) is 109 Å². The predicted molar refractivity (Wildman–Crippen MR) is 424 cm³/mol. The minimum Gasteiger partial charge on any atom is -0.394 e. The number of ether oxygens (including phenoxy) is 4. The molecule has 0 aliphatic carbocycles. The number of amides is 1. The SMILES string of the molecule is CC/C=C\C/C=C\C/C=C\C/C=C\C/C=C\C/C=C\C/C=C\CCCCCCCCCCCCCCCCCCCC(=O)NC(COC1OC(CO)C(OC2OC(CO)C(O)C(O)C2O)C(O)C1O)C(O)/C=C/CC/C=C/CCCCCCCCCCCCCCCCCCCCCCCCC. The molecule has 0 radical (unpaired) electrons. The standard InChI is InChI=1S/C88H155NO13/c1-3-5-7-9-11-13-15-17-19-21-23-25-27-29-31-33-34-35-36-37-38-39-40-41-42-44-46-48-50-52-54-56-58-60-62-64-66-68-70-72-80(93)89-76(75-99-87-85(98)83(96)86(79(74-91)101-87)102-88-84(97)82(95)81(94)78(73-90)100-88)77(92)71-69-67-65-63-61-59-57-55-53-51-49-47-45-43-32-30-28-26-24-22-20-18-16-14-12-10-8-6-4-2/h5,7,11,13,17,19,23,25,29,31,34-35,37-38,61,63,69,71,76-79,81-88,90-92,94-98H,3-4,6,8-10,12,14-16,18,20-22,24,26-28,30,32-33,36,39-60,62,64-68,70,72-75H2,1-2H3,(H,89,93)/b7-5-,13-11-,19-17-,25-23-,31-29-,35-34-,38-37-,63-61+,71-69+. The van der Waals surface area contributed by atoms with Gasteiger partial charge >= 0.3 is 0 Å². The number of carbonyl (C=O) groups excluding carboxylic acids is 1. The molecule has 14 nitrogen and oxygen atoms in total. The van der Waals surface area contributed by atoms with Crippen molar-refractivity contribution in [1.82, 2.24) is 5.32 Å². The van der Waals surface area contributed by atoms with Crippen LogP contribution in [-0.4, -0.2) is 140 Å². The van der Waals surface area contributed by atoms with Crippen LogP contribution in [0.4, 0.5) is 0 Å². The fourth-order valence-electron chi connectivity index (χ4n) is 13.4. The molecule has 1 amide bonds. The average molecular weight is 1440 g/mol. The average Bonchev–Trinajstić information content (AvgIpc) is 0.790. The third-order valence-corrected chi connectivity index (χ3v) is 19.9. The molecule has 2 fully saturated rings. The highest BCUT2D eigenvalue weighted by Gasteiger charge is 2.51. The maximum atomic E-state index is 13.4. The number of aliphatic hydroxyl groups is 8. The molecule has 0 aromatic rings. The lowest BCUT2D eigenvalue weighted by molar-refractivity contribution is -0.359. The van der Waals surface area contributed by atoms with E-state index in [1.807, 2.05) is 6.08 Å². The molecule has 2 saturated heterocycles. The molecule has 2 rings (SSSR count). The van der Waals surface area contributed by atoms with Crippen LogP contribution in [-0.2, 0) is 23.7 Å². The number of hydrogen-bond acceptors (Lipinski definition) is 13. The predicted octanol–water partition coefficient (Wildman–Crippen LogP) is 19.8. The molecular weight excluding hydrogens is 1280 g/mol. The lowest BCUT2D eigenvalue weighted by atomic mass is 9.97. The van der Waals surface area contributed by atoms with E-state index in [1.165, 1.54) is 238 Å². The van der Waals surface area contributed by atoms with Gasteiger partial charge < -0.3 is 65.1 Å². The van der Waals surface area contributed by atoms with Gasteiger partial charge in [0.05, 0.1) is 32.0 Å². The highest BCUT2D eigenvalue weighted by Crippen LogP contribution is 2.30. The molecule has 0 aromatic carbocycles. The first kappa shape index (κ1) is 94.7. The van der Waals surface area contributed by atoms with Gasteiger partial charge in [0.1, 0.15) is 48.8 Å². The molecule has 9 N–H and O–H groups in total. The highest BCUT2D eigenvalue weighted by molar-refractivity contribution is 5.76. The Kier molecular flexibility index (Phi) is 65.6. The number of nitrogens with one attached hydrogen (secondary N) is 1. The molecule has 0 aromatic heterocycles. The zero-order valence-electron chi connectivity index (χ0n) is 64.8. The van der Waals surface area contributed by atoms with Crippen LogP contribution in [0.15, 0.2) is 109 Å². The molecule has 2 heterocycles. The van der Waals surface area contributed by atoms with Gasteiger partial charge in [-0.1, -0.05) is 361 Å². The van der Waals surface area contributed by atoms with E-state index in [4.69, 9.17) is 18.9 Å². The summed E-state index contributed by atoms with van der Waals surface area (Å²) in [4.78, 5) is 13.4. The maximum absolute atomic E-state index is 13.4. The fraction of sp³-hybridized carbons (Fsp3) is 0.784. The van der Waals surface area contributed by atoms with Gasteiger partial charge in [-0.15, -0.1) is 0 Å². The molecule has 14 heteroatoms. The summed E-state index contributed by atoms with van der Waals surface area (Å²) >= 11 is 0. The summed E-state index contributed by atoms with van der Waals surface area (Å²) in [7, 11) is 0. The molecule has 0 bridgehead atoms. The lowest BCUT2D eigenvalue weighted by Crippen LogP contribution is -2.65. The molecule has 12 unspecified atom stereocenters. The van der Waals surface area contributed by atoms with Gasteiger partial charge in [0.15, 0.2) is 12.6 Å². The first-order valence-electron chi connectivity index (χ1n) is 42.1. The van der Waals surface area contributed by atoms with Crippen LogP contribution >= 0.6 is 0 Å². The van der Waals surface area contributed by atoms with Crippen LogP contribution in [0.1, 0.15) is 348 Å². The van der Waals surface area contributed by atoms with E-state index >= 15 is 0 Å². The second-order valence-corrected chi connectivity index (χ2v) is 29.2. The zero-order valence-corrected chi connectivity index (χ0v) is 64.8. The Bertz CT molecular complexity index is 2140. The van der Waals surface area contributed by atoms with Gasteiger partial charge in [0.2, 0.25) is 5.91 Å². The van der Waals surface area contributed by atoms with Gasteiger partial charge in [-0.2, -0.15) is 0 Å². The van der Waals surface area contributed by atoms with Crippen LogP contribution in [0.3, 0.4) is 0 Å². The summed E-state index contributed by atoms with van der Waals surface area (Å²) in [6.45, 7) is 2.71. The molecule has 0 spiro atoms. The molecule has 102 heavy (non-hydrogen) atoms. The Morgan fingerprint density at radius 3 is 1.08 bits per heavy atom. The van der Waals surface area contributed by atoms with E-state index < -0.39 is 86.8 Å². The Labute approximate surface area is 623 Å². The van der Waals surface area contributed by atoms with Gasteiger partial charge in [0.25, 0.3) is 0 Å². The number of allylic oxidation sites excluding steroid dienone is 17. The number of aliphatic hydroxyl groups excluding tert-OH is 8. The first-order chi connectivity index (χ1) is 50.1. The Balaban J connectivity index is 1.60. The molecular formula is C88H155NO13. The largest absolute Gasteiger partial charge is 0.394 e. The van der Waals surface area contributed by atoms with Crippen molar-refractivity contribution in [2.24, 2.45) is 0 Å². The van der Waals surface area contributed by atoms with Gasteiger partial charge in [0, 0.05) is 6.42 Å². The quantitative estimate of drug-likeness (QED) is 0.0204. The van der Waals surface area contributed by atoms with E-state index in [0.29, 0.717) is 12.8 Å². The van der Waals surface area contributed by atoms with Crippen molar-refractivity contribution in [2.75, 3.05) is 19.8 Å². The Hall–Kier alpha value is -3.35. The summed E-state index contributed by atoms with van der Waals surface area (Å²) in [5, 5.41) is 87.7. The van der Waals surface area contributed by atoms with Crippen molar-refractivity contribution in [3.8, 4) is 0 Å². The molecule has 590 valence electrons. The monoisotopic (exact) mass is 1430 g/mol. The van der Waals surface area contributed by atoms with Gasteiger partial charge in [-0.25, -0.2) is 0 Å². The lowest BCUT2D eigenvalue weighted by Gasteiger charge is -2.46. The summed E-state index contributed by atoms with van der Waals surface area (Å²) in [6.07, 6.45) is 86.1. The van der Waals surface area contributed by atoms with E-state index in [-0.39, 0.29) is 18.9 Å². The number of hydrogen-bond donors (Lipinski definition) is 9. The zero-order chi connectivity index (χ0) is 73.7. The topological polar surface area (TPSA) is 228 Å². The van der Waals surface area contributed by atoms with Gasteiger partial charge in [-0.05, 0) is 89.9 Å². The minimum atomic E-state index is -1.80. The fourth-order valence-corrected chi connectivity index (χ4v) is 13.4. The van der Waals surface area contributed by atoms with E-state index in [1.54, 1.807) is 6.08 Å². The Morgan fingerprint density at radius 1 is 0.363 bits per heavy atom. The number of unbranched alkanes of at least 4 members (excludes halogenated alkanes) is 41. The highest BCUT2D eigenvalue weighted by atomic mass is 16.7. The number of carbonyl (C=O) groups is 1. The van der Waals surface area contributed by atoms with Crippen molar-refractivity contribution in [2.45, 2.75) is 421 Å². The minimum absolute atomic E-state index is 0.247. The maximum Gasteiger partial charge on any atom is 0.220 e. The van der Waals surface area contributed by atoms with Crippen molar-refractivity contribution in [3.63, 3.8) is 0 Å². The molecule has 2 aliphatic rings.